The maximum Gasteiger partial charge on any atom is 0.163 e. The standard InChI is InChI=1S/C14H27NO2/c1-4-11-6-5-7-12(8-11)15-9-13-10-16-14(2,3)17-13/h11-13,15H,4-10H2,1-3H3. The second-order valence-corrected chi connectivity index (χ2v) is 6.00. The fourth-order valence-corrected chi connectivity index (χ4v) is 3.01. The number of rotatable bonds is 4. The van der Waals surface area contributed by atoms with Gasteiger partial charge in [-0.3, -0.25) is 0 Å². The summed E-state index contributed by atoms with van der Waals surface area (Å²) < 4.78 is 11.4. The van der Waals surface area contributed by atoms with Crippen LogP contribution in [0.25, 0.3) is 0 Å². The predicted octanol–water partition coefficient (Wildman–Crippen LogP) is 2.70. The van der Waals surface area contributed by atoms with Gasteiger partial charge in [0.2, 0.25) is 0 Å². The highest BCUT2D eigenvalue weighted by atomic mass is 16.7. The Balaban J connectivity index is 1.68. The van der Waals surface area contributed by atoms with E-state index in [2.05, 4.69) is 12.2 Å². The number of hydrogen-bond donors (Lipinski definition) is 1. The first kappa shape index (κ1) is 13.3. The minimum absolute atomic E-state index is 0.229. The van der Waals surface area contributed by atoms with Crippen LogP contribution in [0, 0.1) is 5.92 Å². The van der Waals surface area contributed by atoms with Crippen LogP contribution < -0.4 is 5.32 Å². The summed E-state index contributed by atoms with van der Waals surface area (Å²) in [5.41, 5.74) is 0. The van der Waals surface area contributed by atoms with Crippen LogP contribution >= 0.6 is 0 Å². The van der Waals surface area contributed by atoms with E-state index in [1.54, 1.807) is 0 Å². The Morgan fingerprint density at radius 3 is 2.76 bits per heavy atom. The van der Waals surface area contributed by atoms with E-state index >= 15 is 0 Å². The molecule has 3 nitrogen and oxygen atoms in total. The van der Waals surface area contributed by atoms with E-state index in [9.17, 15) is 0 Å². The highest BCUT2D eigenvalue weighted by Gasteiger charge is 2.33. The first-order chi connectivity index (χ1) is 8.09. The molecule has 17 heavy (non-hydrogen) atoms. The molecular weight excluding hydrogens is 214 g/mol. The van der Waals surface area contributed by atoms with E-state index in [1.165, 1.54) is 32.1 Å². The minimum Gasteiger partial charge on any atom is -0.348 e. The van der Waals surface area contributed by atoms with Crippen LogP contribution in [0.15, 0.2) is 0 Å². The van der Waals surface area contributed by atoms with E-state index in [1.807, 2.05) is 13.8 Å². The lowest BCUT2D eigenvalue weighted by Gasteiger charge is -2.30. The summed E-state index contributed by atoms with van der Waals surface area (Å²) >= 11 is 0. The third-order valence-corrected chi connectivity index (χ3v) is 4.06. The van der Waals surface area contributed by atoms with E-state index in [4.69, 9.17) is 9.47 Å². The highest BCUT2D eigenvalue weighted by Crippen LogP contribution is 2.27. The van der Waals surface area contributed by atoms with Gasteiger partial charge in [0.05, 0.1) is 12.7 Å². The van der Waals surface area contributed by atoms with Gasteiger partial charge in [0.15, 0.2) is 5.79 Å². The van der Waals surface area contributed by atoms with Crippen molar-refractivity contribution in [1.82, 2.24) is 5.32 Å². The molecule has 0 aromatic heterocycles. The molecule has 1 saturated heterocycles. The molecule has 0 bridgehead atoms. The minimum atomic E-state index is -0.384. The Morgan fingerprint density at radius 2 is 2.12 bits per heavy atom. The van der Waals surface area contributed by atoms with Crippen molar-refractivity contribution in [3.05, 3.63) is 0 Å². The average molecular weight is 241 g/mol. The molecule has 0 radical (unpaired) electrons. The molecule has 100 valence electrons. The highest BCUT2D eigenvalue weighted by molar-refractivity contribution is 4.80. The molecule has 0 aromatic carbocycles. The van der Waals surface area contributed by atoms with Crippen LogP contribution in [-0.2, 0) is 9.47 Å². The first-order valence-electron chi connectivity index (χ1n) is 7.14. The van der Waals surface area contributed by atoms with Gasteiger partial charge in [-0.25, -0.2) is 0 Å². The molecular formula is C14H27NO2. The molecule has 0 amide bonds. The summed E-state index contributed by atoms with van der Waals surface area (Å²) in [6, 6.07) is 0.695. The van der Waals surface area contributed by atoms with Crippen molar-refractivity contribution in [2.75, 3.05) is 13.2 Å². The zero-order chi connectivity index (χ0) is 12.3. The maximum atomic E-state index is 5.81. The van der Waals surface area contributed by atoms with E-state index in [0.29, 0.717) is 6.04 Å². The van der Waals surface area contributed by atoms with Crippen molar-refractivity contribution in [1.29, 1.82) is 0 Å². The zero-order valence-electron chi connectivity index (χ0n) is 11.5. The molecule has 0 spiro atoms. The Kier molecular flexibility index (Phi) is 4.45. The molecule has 2 fully saturated rings. The van der Waals surface area contributed by atoms with E-state index < -0.39 is 0 Å². The van der Waals surface area contributed by atoms with Crippen molar-refractivity contribution in [2.45, 2.75) is 70.8 Å². The fraction of sp³-hybridized carbons (Fsp3) is 1.00. The van der Waals surface area contributed by atoms with Crippen LogP contribution in [0.3, 0.4) is 0 Å². The van der Waals surface area contributed by atoms with E-state index in [0.717, 1.165) is 19.1 Å². The lowest BCUT2D eigenvalue weighted by Crippen LogP contribution is -2.39. The number of nitrogens with one attached hydrogen (secondary N) is 1. The second-order valence-electron chi connectivity index (χ2n) is 6.00. The molecule has 1 aliphatic carbocycles. The van der Waals surface area contributed by atoms with Crippen molar-refractivity contribution in [3.63, 3.8) is 0 Å². The number of hydrogen-bond acceptors (Lipinski definition) is 3. The number of ether oxygens (including phenoxy) is 2. The lowest BCUT2D eigenvalue weighted by atomic mass is 9.84. The molecule has 3 atom stereocenters. The Morgan fingerprint density at radius 1 is 1.29 bits per heavy atom. The summed E-state index contributed by atoms with van der Waals surface area (Å²) in [7, 11) is 0. The Labute approximate surface area is 105 Å². The summed E-state index contributed by atoms with van der Waals surface area (Å²) in [6.07, 6.45) is 7.02. The predicted molar refractivity (Wildman–Crippen MR) is 68.9 cm³/mol. The molecule has 1 aliphatic heterocycles. The average Bonchev–Trinajstić information content (AvgIpc) is 2.67. The smallest absolute Gasteiger partial charge is 0.163 e. The SMILES string of the molecule is CCC1CCCC(NCC2COC(C)(C)O2)C1. The molecule has 1 saturated carbocycles. The molecule has 1 N–H and O–H groups in total. The third kappa shape index (κ3) is 3.94. The van der Waals surface area contributed by atoms with Gasteiger partial charge >= 0.3 is 0 Å². The van der Waals surface area contributed by atoms with Crippen molar-refractivity contribution >= 4 is 0 Å². The summed E-state index contributed by atoms with van der Waals surface area (Å²) in [5, 5.41) is 3.66. The van der Waals surface area contributed by atoms with Crippen LogP contribution in [0.1, 0.15) is 52.9 Å². The van der Waals surface area contributed by atoms with Gasteiger partial charge in [-0.15, -0.1) is 0 Å². The quantitative estimate of drug-likeness (QED) is 0.821. The molecule has 1 heterocycles. The summed E-state index contributed by atoms with van der Waals surface area (Å²) in [5.74, 6) is 0.545. The summed E-state index contributed by atoms with van der Waals surface area (Å²) in [4.78, 5) is 0. The zero-order valence-corrected chi connectivity index (χ0v) is 11.5. The molecule has 2 aliphatic rings. The van der Waals surface area contributed by atoms with Gasteiger partial charge < -0.3 is 14.8 Å². The second kappa shape index (κ2) is 5.68. The van der Waals surface area contributed by atoms with Gasteiger partial charge in [-0.2, -0.15) is 0 Å². The van der Waals surface area contributed by atoms with Crippen LogP contribution in [0.2, 0.25) is 0 Å². The molecule has 3 heteroatoms. The van der Waals surface area contributed by atoms with Gasteiger partial charge in [0.25, 0.3) is 0 Å². The largest absolute Gasteiger partial charge is 0.348 e. The Bertz CT molecular complexity index is 242. The molecule has 0 aromatic rings. The van der Waals surface area contributed by atoms with Crippen LogP contribution in [-0.4, -0.2) is 31.1 Å². The van der Waals surface area contributed by atoms with Crippen LogP contribution in [0.4, 0.5) is 0 Å². The van der Waals surface area contributed by atoms with Crippen molar-refractivity contribution in [3.8, 4) is 0 Å². The van der Waals surface area contributed by atoms with Gasteiger partial charge in [0.1, 0.15) is 0 Å². The molecule has 3 unspecified atom stereocenters. The van der Waals surface area contributed by atoms with Gasteiger partial charge in [-0.1, -0.05) is 26.2 Å². The Hall–Kier alpha value is -0.120. The third-order valence-electron chi connectivity index (χ3n) is 4.06. The fourth-order valence-electron chi connectivity index (χ4n) is 3.01. The van der Waals surface area contributed by atoms with E-state index in [-0.39, 0.29) is 11.9 Å². The molecule has 2 rings (SSSR count). The van der Waals surface area contributed by atoms with Crippen molar-refractivity contribution < 1.29 is 9.47 Å². The van der Waals surface area contributed by atoms with Gasteiger partial charge in [0, 0.05) is 12.6 Å². The summed E-state index contributed by atoms with van der Waals surface area (Å²) in [6.45, 7) is 7.94. The topological polar surface area (TPSA) is 30.5 Å². The maximum absolute atomic E-state index is 5.81. The lowest BCUT2D eigenvalue weighted by molar-refractivity contribution is -0.138. The monoisotopic (exact) mass is 241 g/mol. The van der Waals surface area contributed by atoms with Crippen molar-refractivity contribution in [2.24, 2.45) is 5.92 Å². The normalized spacial score (nSPS) is 37.2. The van der Waals surface area contributed by atoms with Crippen LogP contribution in [0.5, 0.6) is 0 Å². The first-order valence-corrected chi connectivity index (χ1v) is 7.14. The van der Waals surface area contributed by atoms with Gasteiger partial charge in [-0.05, 0) is 32.6 Å².